The zero-order valence-corrected chi connectivity index (χ0v) is 26.8. The quantitative estimate of drug-likeness (QED) is 0.113. The Kier molecular flexibility index (Phi) is 15.1. The monoisotopic (exact) mass is 904 g/mol. The third kappa shape index (κ3) is 10.9. The van der Waals surface area contributed by atoms with Gasteiger partial charge in [-0.1, -0.05) is 9.78 Å². The summed E-state index contributed by atoms with van der Waals surface area (Å²) in [5, 5.41) is 33.1. The maximum Gasteiger partial charge on any atom is 0.406 e. The van der Waals surface area contributed by atoms with Crippen molar-refractivity contribution in [2.24, 2.45) is 0 Å². The van der Waals surface area contributed by atoms with Crippen molar-refractivity contribution in [2.75, 3.05) is 11.5 Å². The van der Waals surface area contributed by atoms with Gasteiger partial charge in [0.1, 0.15) is 14.8 Å². The number of hydrogen-bond acceptors (Lipinski definition) is 10. The first-order valence-corrected chi connectivity index (χ1v) is 13.3. The lowest BCUT2D eigenvalue weighted by Crippen LogP contribution is -2.05. The first-order valence-electron chi connectivity index (χ1n) is 10.2. The van der Waals surface area contributed by atoms with E-state index in [1.54, 1.807) is 0 Å². The number of alkyl halides is 8. The molecule has 4 aromatic heterocycles. The normalized spacial score (nSPS) is 10.7. The van der Waals surface area contributed by atoms with Gasteiger partial charge in [0.05, 0.1) is 32.6 Å². The molecule has 0 amide bonds. The molecule has 0 atom stereocenters. The highest BCUT2D eigenvalue weighted by Gasteiger charge is 2.26. The average Bonchev–Trinajstić information content (AvgIpc) is 3.67. The van der Waals surface area contributed by atoms with Crippen LogP contribution in [0.15, 0.2) is 42.7 Å². The van der Waals surface area contributed by atoms with Crippen LogP contribution >= 0.6 is 63.7 Å². The van der Waals surface area contributed by atoms with Gasteiger partial charge < -0.3 is 31.7 Å². The van der Waals surface area contributed by atoms with E-state index < -0.39 is 47.7 Å². The van der Waals surface area contributed by atoms with Crippen LogP contribution in [0.1, 0.15) is 26.2 Å². The Hall–Kier alpha value is -3.40. The van der Waals surface area contributed by atoms with Crippen LogP contribution in [0.3, 0.4) is 0 Å². The van der Waals surface area contributed by atoms with Crippen molar-refractivity contribution in [1.29, 1.82) is 0 Å². The number of rotatable bonds is 6. The highest BCUT2D eigenvalue weighted by Crippen LogP contribution is 2.28. The summed E-state index contributed by atoms with van der Waals surface area (Å²) in [4.78, 5) is 18.5. The number of nitro groups is 2. The maximum absolute atomic E-state index is 12.0. The minimum absolute atomic E-state index is 0.0318. The molecule has 0 aliphatic heterocycles. The number of nitrogens with zero attached hydrogens (tertiary/aromatic N) is 10. The smallest absolute Gasteiger partial charge is 0.383 e. The number of hydrogen-bond donors (Lipinski definition) is 2. The maximum atomic E-state index is 12.0. The SMILES string of the molecule is Nc1c(Br)cnn1C(F)F.Nc1nn(C(F)F)cc1Br.O=[N+]([O-])c1c(Br)cnn1C(F)F.O=[N+]([O-])c1nn(C(F)F)cc1Br. The van der Waals surface area contributed by atoms with E-state index in [1.807, 2.05) is 0 Å². The van der Waals surface area contributed by atoms with E-state index in [0.717, 1.165) is 18.6 Å². The number of nitrogens with two attached hydrogens (primary N) is 2. The highest BCUT2D eigenvalue weighted by molar-refractivity contribution is 9.11. The molecule has 4 aromatic rings. The number of anilines is 2. The van der Waals surface area contributed by atoms with Gasteiger partial charge in [-0.05, 0) is 73.6 Å². The van der Waals surface area contributed by atoms with E-state index in [1.165, 1.54) is 6.20 Å². The summed E-state index contributed by atoms with van der Waals surface area (Å²) in [5.74, 6) is -1.35. The number of halogens is 12. The van der Waals surface area contributed by atoms with Gasteiger partial charge in [0.25, 0.3) is 0 Å². The molecule has 0 saturated heterocycles. The fourth-order valence-corrected chi connectivity index (χ4v) is 3.64. The summed E-state index contributed by atoms with van der Waals surface area (Å²) in [6, 6.07) is 0. The van der Waals surface area contributed by atoms with Gasteiger partial charge in [-0.25, -0.2) is 4.68 Å². The van der Waals surface area contributed by atoms with Crippen molar-refractivity contribution < 1.29 is 45.0 Å². The second kappa shape index (κ2) is 17.2. The molecule has 0 aliphatic rings. The second-order valence-electron chi connectivity index (χ2n) is 6.83. The fourth-order valence-electron chi connectivity index (χ4n) is 2.22. The Labute approximate surface area is 270 Å². The fraction of sp³-hybridized carbons (Fsp3) is 0.250. The van der Waals surface area contributed by atoms with Crippen LogP contribution in [0.25, 0.3) is 0 Å². The van der Waals surface area contributed by atoms with E-state index in [-0.39, 0.29) is 29.9 Å². The molecule has 0 radical (unpaired) electrons. The summed E-state index contributed by atoms with van der Waals surface area (Å²) < 4.78 is 96.8. The Balaban J connectivity index is 0.000000294. The van der Waals surface area contributed by atoms with Crippen molar-refractivity contribution in [1.82, 2.24) is 39.1 Å². The molecule has 0 fully saturated rings. The molecule has 0 spiro atoms. The molecule has 44 heavy (non-hydrogen) atoms. The predicted molar refractivity (Wildman–Crippen MR) is 147 cm³/mol. The number of nitrogen functional groups attached to an aromatic ring is 2. The van der Waals surface area contributed by atoms with Gasteiger partial charge in [0.2, 0.25) is 0 Å². The molecular weight excluding hydrogens is 896 g/mol. The lowest BCUT2D eigenvalue weighted by atomic mass is 10.6. The lowest BCUT2D eigenvalue weighted by Gasteiger charge is -1.99. The molecule has 28 heteroatoms. The summed E-state index contributed by atoms with van der Waals surface area (Å²) in [6.07, 6.45) is 4.15. The van der Waals surface area contributed by atoms with Crippen LogP contribution in [-0.4, -0.2) is 49.0 Å². The summed E-state index contributed by atoms with van der Waals surface area (Å²) >= 11 is 11.3. The molecule has 4 rings (SSSR count). The first-order chi connectivity index (χ1) is 20.3. The van der Waals surface area contributed by atoms with E-state index in [0.29, 0.717) is 18.3 Å². The van der Waals surface area contributed by atoms with E-state index in [2.05, 4.69) is 84.1 Å². The van der Waals surface area contributed by atoms with Crippen molar-refractivity contribution >= 4 is 87.0 Å². The first kappa shape index (κ1) is 38.6. The zero-order chi connectivity index (χ0) is 34.0. The Morgan fingerprint density at radius 3 is 1.36 bits per heavy atom. The molecule has 4 N–H and O–H groups in total. The van der Waals surface area contributed by atoms with Crippen LogP contribution in [0, 0.1) is 20.2 Å². The molecule has 0 saturated carbocycles. The Morgan fingerprint density at radius 2 is 1.11 bits per heavy atom. The molecule has 244 valence electrons. The Morgan fingerprint density at radius 1 is 0.659 bits per heavy atom. The molecule has 0 bridgehead atoms. The third-order valence-electron chi connectivity index (χ3n) is 4.01. The van der Waals surface area contributed by atoms with E-state index in [4.69, 9.17) is 11.5 Å². The molecule has 0 unspecified atom stereocenters. The highest BCUT2D eigenvalue weighted by atomic mass is 79.9. The van der Waals surface area contributed by atoms with E-state index >= 15 is 0 Å². The van der Waals surface area contributed by atoms with Gasteiger partial charge in [-0.15, -0.1) is 9.78 Å². The minimum Gasteiger partial charge on any atom is -0.383 e. The van der Waals surface area contributed by atoms with Crippen molar-refractivity contribution in [2.45, 2.75) is 26.2 Å². The molecule has 0 aromatic carbocycles. The van der Waals surface area contributed by atoms with Crippen molar-refractivity contribution in [3.63, 3.8) is 0 Å². The van der Waals surface area contributed by atoms with Crippen LogP contribution < -0.4 is 11.5 Å². The standard InChI is InChI=1S/2C4H2BrF2N3O2.2C4H4BrF2N3/c5-2-1-9(4(6)7)8-3(2)10(11)12;5-2-1-8-9(4(6)7)3(2)10(11)12;5-2-1-10(4(6)7)9-3(2)8;5-2-1-9-10(3(2)8)4(6)7/h2*1,4H;1,4H,(H2,8,9);1,4H,8H2. The topological polar surface area (TPSA) is 210 Å². The zero-order valence-electron chi connectivity index (χ0n) is 20.4. The van der Waals surface area contributed by atoms with Crippen LogP contribution in [-0.2, 0) is 0 Å². The molecule has 4 heterocycles. The van der Waals surface area contributed by atoms with Crippen LogP contribution in [0.2, 0.25) is 0 Å². The van der Waals surface area contributed by atoms with Gasteiger partial charge in [0, 0.05) is 6.20 Å². The van der Waals surface area contributed by atoms with Crippen LogP contribution in [0.5, 0.6) is 0 Å². The third-order valence-corrected chi connectivity index (χ3v) is 6.35. The summed E-state index contributed by atoms with van der Waals surface area (Å²) in [5.41, 5.74) is 10.3. The van der Waals surface area contributed by atoms with Crippen LogP contribution in [0.4, 0.5) is 58.4 Å². The minimum atomic E-state index is -3.00. The Bertz CT molecular complexity index is 1530. The van der Waals surface area contributed by atoms with Gasteiger partial charge >= 0.3 is 37.8 Å². The number of aromatic nitrogens is 8. The van der Waals surface area contributed by atoms with Gasteiger partial charge in [-0.3, -0.25) is 0 Å². The van der Waals surface area contributed by atoms with E-state index in [9.17, 15) is 55.4 Å². The summed E-state index contributed by atoms with van der Waals surface area (Å²) in [7, 11) is 0. The average molecular weight is 908 g/mol. The van der Waals surface area contributed by atoms with Crippen molar-refractivity contribution in [3.05, 3.63) is 62.9 Å². The molecular formula is C16H12Br4F8N12O4. The largest absolute Gasteiger partial charge is 0.406 e. The second-order valence-corrected chi connectivity index (χ2v) is 10.2. The van der Waals surface area contributed by atoms with Gasteiger partial charge in [0.15, 0.2) is 5.82 Å². The lowest BCUT2D eigenvalue weighted by molar-refractivity contribution is -0.395. The molecule has 0 aliphatic carbocycles. The van der Waals surface area contributed by atoms with Gasteiger partial charge in [-0.2, -0.15) is 44.9 Å². The molecule has 16 nitrogen and oxygen atoms in total. The predicted octanol–water partition coefficient (Wildman–Crippen LogP) is 7.14. The summed E-state index contributed by atoms with van der Waals surface area (Å²) in [6.45, 7) is -11.2. The van der Waals surface area contributed by atoms with Crippen molar-refractivity contribution in [3.8, 4) is 0 Å².